The topological polar surface area (TPSA) is 59.9 Å². The third-order valence-electron chi connectivity index (χ3n) is 2.06. The number of H-pyrrole nitrogens is 1. The molecule has 2 aromatic heterocycles. The summed E-state index contributed by atoms with van der Waals surface area (Å²) in [6.07, 6.45) is 3.15. The first-order chi connectivity index (χ1) is 7.74. The van der Waals surface area contributed by atoms with E-state index in [0.29, 0.717) is 16.0 Å². The fourth-order valence-electron chi connectivity index (χ4n) is 1.28. The molecule has 16 heavy (non-hydrogen) atoms. The normalized spacial score (nSPS) is 10.1. The SMILES string of the molecule is COC(=O)c1c[nH]n(-c2ccccn2)c1=S. The number of rotatable bonds is 2. The predicted molar refractivity (Wildman–Crippen MR) is 60.1 cm³/mol. The van der Waals surface area contributed by atoms with E-state index in [1.807, 2.05) is 6.07 Å². The first-order valence-corrected chi connectivity index (χ1v) is 4.95. The Kier molecular flexibility index (Phi) is 2.82. The first kappa shape index (κ1) is 10.6. The molecule has 2 heterocycles. The van der Waals surface area contributed by atoms with Crippen LogP contribution in [0.15, 0.2) is 30.6 Å². The molecule has 2 rings (SSSR count). The number of esters is 1. The molecular weight excluding hydrogens is 226 g/mol. The lowest BCUT2D eigenvalue weighted by molar-refractivity contribution is 0.0600. The van der Waals surface area contributed by atoms with Crippen molar-refractivity contribution in [2.45, 2.75) is 0 Å². The van der Waals surface area contributed by atoms with Crippen LogP contribution in [0.5, 0.6) is 0 Å². The van der Waals surface area contributed by atoms with Crippen molar-refractivity contribution in [1.29, 1.82) is 0 Å². The van der Waals surface area contributed by atoms with Gasteiger partial charge in [-0.15, -0.1) is 0 Å². The molecule has 5 nitrogen and oxygen atoms in total. The van der Waals surface area contributed by atoms with Gasteiger partial charge in [0.2, 0.25) is 0 Å². The molecule has 0 atom stereocenters. The monoisotopic (exact) mass is 235 g/mol. The lowest BCUT2D eigenvalue weighted by Gasteiger charge is -1.99. The lowest BCUT2D eigenvalue weighted by Crippen LogP contribution is -2.02. The number of carbonyl (C=O) groups is 1. The van der Waals surface area contributed by atoms with E-state index in [2.05, 4.69) is 14.8 Å². The summed E-state index contributed by atoms with van der Waals surface area (Å²) in [5, 5.41) is 2.85. The van der Waals surface area contributed by atoms with Gasteiger partial charge in [0, 0.05) is 12.4 Å². The van der Waals surface area contributed by atoms with Gasteiger partial charge in [-0.25, -0.2) is 14.5 Å². The molecule has 1 N–H and O–H groups in total. The highest BCUT2D eigenvalue weighted by Gasteiger charge is 2.12. The van der Waals surface area contributed by atoms with Crippen molar-refractivity contribution in [1.82, 2.24) is 14.8 Å². The second kappa shape index (κ2) is 4.28. The molecule has 0 amide bonds. The van der Waals surface area contributed by atoms with Crippen LogP contribution in [0, 0.1) is 4.64 Å². The maximum atomic E-state index is 11.3. The molecule has 0 fully saturated rings. The molecule has 0 aromatic carbocycles. The minimum absolute atomic E-state index is 0.322. The summed E-state index contributed by atoms with van der Waals surface area (Å²) in [4.78, 5) is 15.5. The molecule has 0 aliphatic heterocycles. The van der Waals surface area contributed by atoms with E-state index in [4.69, 9.17) is 12.2 Å². The second-order valence-corrected chi connectivity index (χ2v) is 3.39. The predicted octanol–water partition coefficient (Wildman–Crippen LogP) is 1.72. The molecule has 0 bridgehead atoms. The van der Waals surface area contributed by atoms with Crippen LogP contribution in [-0.4, -0.2) is 27.8 Å². The van der Waals surface area contributed by atoms with Gasteiger partial charge in [0.1, 0.15) is 10.2 Å². The van der Waals surface area contributed by atoms with Crippen LogP contribution < -0.4 is 0 Å². The number of pyridine rings is 1. The minimum Gasteiger partial charge on any atom is -0.465 e. The van der Waals surface area contributed by atoms with E-state index in [-0.39, 0.29) is 0 Å². The Morgan fingerprint density at radius 2 is 2.38 bits per heavy atom. The van der Waals surface area contributed by atoms with Gasteiger partial charge in [0.15, 0.2) is 5.82 Å². The van der Waals surface area contributed by atoms with Gasteiger partial charge in [-0.2, -0.15) is 0 Å². The Morgan fingerprint density at radius 3 is 3.00 bits per heavy atom. The fraction of sp³-hybridized carbons (Fsp3) is 0.100. The van der Waals surface area contributed by atoms with Crippen LogP contribution in [0.1, 0.15) is 10.4 Å². The van der Waals surface area contributed by atoms with E-state index >= 15 is 0 Å². The van der Waals surface area contributed by atoms with E-state index in [9.17, 15) is 4.79 Å². The number of aromatic amines is 1. The maximum Gasteiger partial charge on any atom is 0.342 e. The number of nitrogens with one attached hydrogen (secondary N) is 1. The molecule has 0 aliphatic rings. The molecule has 6 heteroatoms. The summed E-state index contributed by atoms with van der Waals surface area (Å²) in [5.41, 5.74) is 0.322. The van der Waals surface area contributed by atoms with Crippen LogP contribution in [-0.2, 0) is 4.74 Å². The largest absolute Gasteiger partial charge is 0.465 e. The maximum absolute atomic E-state index is 11.3. The van der Waals surface area contributed by atoms with Crippen molar-refractivity contribution < 1.29 is 9.53 Å². The van der Waals surface area contributed by atoms with Crippen LogP contribution >= 0.6 is 12.2 Å². The summed E-state index contributed by atoms with van der Waals surface area (Å²) in [6, 6.07) is 5.42. The highest BCUT2D eigenvalue weighted by molar-refractivity contribution is 7.71. The second-order valence-electron chi connectivity index (χ2n) is 3.01. The summed E-state index contributed by atoms with van der Waals surface area (Å²) >= 11 is 5.14. The van der Waals surface area contributed by atoms with Crippen molar-refractivity contribution in [3.63, 3.8) is 0 Å². The van der Waals surface area contributed by atoms with E-state index < -0.39 is 5.97 Å². The number of carbonyl (C=O) groups excluding carboxylic acids is 1. The third-order valence-corrected chi connectivity index (χ3v) is 2.46. The Hall–Kier alpha value is -1.95. The average Bonchev–Trinajstić information content (AvgIpc) is 2.71. The molecule has 82 valence electrons. The summed E-state index contributed by atoms with van der Waals surface area (Å²) in [7, 11) is 1.31. The van der Waals surface area contributed by atoms with Crippen molar-refractivity contribution in [2.75, 3.05) is 7.11 Å². The highest BCUT2D eigenvalue weighted by Crippen LogP contribution is 2.09. The van der Waals surface area contributed by atoms with Gasteiger partial charge in [0.05, 0.1) is 7.11 Å². The summed E-state index contributed by atoms with van der Waals surface area (Å²) < 4.78 is 6.50. The number of hydrogen-bond acceptors (Lipinski definition) is 4. The van der Waals surface area contributed by atoms with E-state index in [1.54, 1.807) is 23.0 Å². The van der Waals surface area contributed by atoms with Crippen molar-refractivity contribution >= 4 is 18.2 Å². The molecule has 0 aliphatic carbocycles. The molecule has 0 saturated carbocycles. The molecule has 0 spiro atoms. The van der Waals surface area contributed by atoms with Crippen molar-refractivity contribution in [3.05, 3.63) is 40.8 Å². The molecule has 2 aromatic rings. The molecule has 0 saturated heterocycles. The fourth-order valence-corrected chi connectivity index (χ4v) is 1.57. The van der Waals surface area contributed by atoms with Gasteiger partial charge >= 0.3 is 5.97 Å². The number of methoxy groups -OCH3 is 1. The van der Waals surface area contributed by atoms with Crippen LogP contribution in [0.2, 0.25) is 0 Å². The minimum atomic E-state index is -0.462. The Labute approximate surface area is 96.7 Å². The van der Waals surface area contributed by atoms with Crippen LogP contribution in [0.3, 0.4) is 0 Å². The third kappa shape index (κ3) is 1.74. The first-order valence-electron chi connectivity index (χ1n) is 4.54. The summed E-state index contributed by atoms with van der Waals surface area (Å²) in [6.45, 7) is 0. The summed E-state index contributed by atoms with van der Waals surface area (Å²) in [5.74, 6) is 0.165. The molecular formula is C10H9N3O2S. The average molecular weight is 235 g/mol. The van der Waals surface area contributed by atoms with Gasteiger partial charge in [0.25, 0.3) is 0 Å². The highest BCUT2D eigenvalue weighted by atomic mass is 32.1. The Morgan fingerprint density at radius 1 is 1.56 bits per heavy atom. The van der Waals surface area contributed by atoms with Gasteiger partial charge in [-0.1, -0.05) is 18.3 Å². The smallest absolute Gasteiger partial charge is 0.342 e. The van der Waals surface area contributed by atoms with Gasteiger partial charge in [-0.3, -0.25) is 5.10 Å². The zero-order valence-electron chi connectivity index (χ0n) is 8.51. The zero-order chi connectivity index (χ0) is 11.5. The lowest BCUT2D eigenvalue weighted by atomic mass is 10.4. The van der Waals surface area contributed by atoms with E-state index in [1.165, 1.54) is 13.3 Å². The van der Waals surface area contributed by atoms with E-state index in [0.717, 1.165) is 0 Å². The van der Waals surface area contributed by atoms with Gasteiger partial charge < -0.3 is 4.74 Å². The number of aromatic nitrogens is 3. The standard InChI is InChI=1S/C10H9N3O2S/c1-15-10(14)7-6-12-13(9(7)16)8-4-2-3-5-11-8/h2-6,12H,1H3. The van der Waals surface area contributed by atoms with Crippen molar-refractivity contribution in [2.24, 2.45) is 0 Å². The van der Waals surface area contributed by atoms with Crippen LogP contribution in [0.25, 0.3) is 5.82 Å². The quantitative estimate of drug-likeness (QED) is 0.636. The van der Waals surface area contributed by atoms with Crippen LogP contribution in [0.4, 0.5) is 0 Å². The molecule has 0 unspecified atom stereocenters. The number of hydrogen-bond donors (Lipinski definition) is 1. The van der Waals surface area contributed by atoms with Gasteiger partial charge in [-0.05, 0) is 12.1 Å². The number of nitrogens with zero attached hydrogens (tertiary/aromatic N) is 2. The zero-order valence-corrected chi connectivity index (χ0v) is 9.32. The Bertz CT molecular complexity index is 559. The molecule has 0 radical (unpaired) electrons. The Balaban J connectivity index is 2.50. The van der Waals surface area contributed by atoms with Crippen molar-refractivity contribution in [3.8, 4) is 5.82 Å². The number of ether oxygens (including phenoxy) is 1.